The number of alkyl halides is 3. The van der Waals surface area contributed by atoms with E-state index < -0.39 is 11.9 Å². The van der Waals surface area contributed by atoms with Gasteiger partial charge in [-0.3, -0.25) is 0 Å². The maximum atomic E-state index is 13.6. The number of thiocarbonyl (C=S) groups is 1. The first-order valence-electron chi connectivity index (χ1n) is 12.1. The van der Waals surface area contributed by atoms with Crippen LogP contribution in [0.2, 0.25) is 0 Å². The minimum atomic E-state index is -4.60. The second-order valence-electron chi connectivity index (χ2n) is 10.1. The molecule has 2 atom stereocenters. The Balaban J connectivity index is 1.50. The number of nitrogens with one attached hydrogen (secondary N) is 2. The molecule has 5 nitrogen and oxygen atoms in total. The van der Waals surface area contributed by atoms with Crippen molar-refractivity contribution < 1.29 is 17.6 Å². The number of aromatic nitrogens is 2. The van der Waals surface area contributed by atoms with Crippen LogP contribution in [-0.2, 0) is 11.6 Å². The summed E-state index contributed by atoms with van der Waals surface area (Å²) in [5.74, 6) is 0.490. The Labute approximate surface area is 208 Å². The number of hydrogen-bond acceptors (Lipinski definition) is 4. The zero-order valence-electron chi connectivity index (χ0n) is 20.0. The van der Waals surface area contributed by atoms with Gasteiger partial charge in [-0.2, -0.15) is 18.2 Å². The van der Waals surface area contributed by atoms with Crippen LogP contribution in [-0.4, -0.2) is 34.7 Å². The van der Waals surface area contributed by atoms with Crippen LogP contribution >= 0.6 is 12.2 Å². The van der Waals surface area contributed by atoms with Gasteiger partial charge in [0.15, 0.2) is 10.8 Å². The van der Waals surface area contributed by atoms with Gasteiger partial charge < -0.3 is 15.5 Å². The van der Waals surface area contributed by atoms with E-state index in [4.69, 9.17) is 12.2 Å². The molecule has 190 valence electrons. The zero-order chi connectivity index (χ0) is 25.2. The normalized spacial score (nSPS) is 22.2. The Morgan fingerprint density at radius 2 is 1.71 bits per heavy atom. The molecule has 2 aliphatic rings. The van der Waals surface area contributed by atoms with Gasteiger partial charge in [0.2, 0.25) is 5.95 Å². The first-order valence-corrected chi connectivity index (χ1v) is 12.5. The summed E-state index contributed by atoms with van der Waals surface area (Å²) < 4.78 is 54.3. The van der Waals surface area contributed by atoms with Gasteiger partial charge in [-0.05, 0) is 61.0 Å². The van der Waals surface area contributed by atoms with Gasteiger partial charge in [0, 0.05) is 31.1 Å². The first-order chi connectivity index (χ1) is 16.5. The second-order valence-corrected chi connectivity index (χ2v) is 10.5. The predicted octanol–water partition coefficient (Wildman–Crippen LogP) is 5.92. The molecule has 0 amide bonds. The van der Waals surface area contributed by atoms with Crippen molar-refractivity contribution in [2.45, 2.75) is 57.5 Å². The molecule has 1 saturated heterocycles. The lowest BCUT2D eigenvalue weighted by Gasteiger charge is -2.36. The minimum absolute atomic E-state index is 0.157. The van der Waals surface area contributed by atoms with Crippen molar-refractivity contribution in [3.63, 3.8) is 0 Å². The third kappa shape index (κ3) is 6.20. The van der Waals surface area contributed by atoms with E-state index >= 15 is 0 Å². The van der Waals surface area contributed by atoms with Crippen molar-refractivity contribution in [2.24, 2.45) is 11.8 Å². The van der Waals surface area contributed by atoms with Crippen LogP contribution in [0.5, 0.6) is 0 Å². The fraction of sp³-hybridized carbons (Fsp3) is 0.560. The van der Waals surface area contributed by atoms with Gasteiger partial charge in [0.05, 0.1) is 0 Å². The van der Waals surface area contributed by atoms with Gasteiger partial charge in [0.25, 0.3) is 0 Å². The Morgan fingerprint density at radius 1 is 1.09 bits per heavy atom. The molecule has 2 aromatic rings. The highest BCUT2D eigenvalue weighted by atomic mass is 32.1. The Kier molecular flexibility index (Phi) is 7.49. The second kappa shape index (κ2) is 10.2. The molecule has 35 heavy (non-hydrogen) atoms. The first kappa shape index (κ1) is 25.6. The third-order valence-corrected chi connectivity index (χ3v) is 7.27. The predicted molar refractivity (Wildman–Crippen MR) is 133 cm³/mol. The maximum absolute atomic E-state index is 13.6. The van der Waals surface area contributed by atoms with E-state index in [9.17, 15) is 17.6 Å². The van der Waals surface area contributed by atoms with Gasteiger partial charge in [0.1, 0.15) is 11.6 Å². The number of piperidine rings is 1. The van der Waals surface area contributed by atoms with Crippen LogP contribution in [0.15, 0.2) is 30.3 Å². The van der Waals surface area contributed by atoms with E-state index in [1.807, 2.05) is 4.90 Å². The molecule has 2 N–H and O–H groups in total. The van der Waals surface area contributed by atoms with Crippen LogP contribution in [0, 0.1) is 17.7 Å². The summed E-state index contributed by atoms with van der Waals surface area (Å²) in [6, 6.07) is 7.50. The minimum Gasteiger partial charge on any atom is -0.361 e. The van der Waals surface area contributed by atoms with Crippen LogP contribution in [0.1, 0.15) is 57.2 Å². The molecule has 0 unspecified atom stereocenters. The van der Waals surface area contributed by atoms with Crippen molar-refractivity contribution in [2.75, 3.05) is 29.9 Å². The maximum Gasteiger partial charge on any atom is 0.433 e. The highest BCUT2D eigenvalue weighted by molar-refractivity contribution is 7.80. The molecule has 1 aromatic carbocycles. The lowest BCUT2D eigenvalue weighted by molar-refractivity contribution is -0.141. The number of benzene rings is 1. The van der Waals surface area contributed by atoms with Crippen molar-refractivity contribution >= 4 is 29.1 Å². The fourth-order valence-electron chi connectivity index (χ4n) is 5.47. The molecule has 10 heteroatoms. The summed E-state index contributed by atoms with van der Waals surface area (Å²) in [5, 5.41) is 6.08. The number of anilines is 2. The summed E-state index contributed by atoms with van der Waals surface area (Å²) in [4.78, 5) is 9.97. The standard InChI is InChI=1S/C25H31F4N5S/c1-16-11-17(2)14-34(13-16)21-12-20(25(27,28)29)31-22(32-21)33-23(35)30-15-24(9-3-4-10-24)18-5-7-19(26)8-6-18/h5-8,12,16-17H,3-4,9-11,13-15H2,1-2H3,(H2,30,31,32,33,35)/t16-,17-/m0/s1. The Bertz CT molecular complexity index is 1030. The molecule has 0 radical (unpaired) electrons. The molecule has 1 aliphatic carbocycles. The molecule has 4 rings (SSSR count). The molecular weight excluding hydrogens is 478 g/mol. The summed E-state index contributed by atoms with van der Waals surface area (Å²) in [5.41, 5.74) is -0.186. The van der Waals surface area contributed by atoms with Crippen molar-refractivity contribution in [3.8, 4) is 0 Å². The SMILES string of the molecule is C[C@H]1C[C@H](C)CN(c2cc(C(F)(F)F)nc(NC(=S)NCC3(c4ccc(F)cc4)CCCC3)n2)C1. The van der Waals surface area contributed by atoms with Crippen LogP contribution < -0.4 is 15.5 Å². The quantitative estimate of drug-likeness (QED) is 0.386. The number of nitrogens with zero attached hydrogens (tertiary/aromatic N) is 3. The fourth-order valence-corrected chi connectivity index (χ4v) is 5.63. The summed E-state index contributed by atoms with van der Waals surface area (Å²) in [7, 11) is 0. The number of hydrogen-bond donors (Lipinski definition) is 2. The number of halogens is 4. The summed E-state index contributed by atoms with van der Waals surface area (Å²) >= 11 is 5.41. The van der Waals surface area contributed by atoms with Gasteiger partial charge in [-0.15, -0.1) is 0 Å². The lowest BCUT2D eigenvalue weighted by atomic mass is 9.79. The van der Waals surface area contributed by atoms with E-state index in [1.54, 1.807) is 12.1 Å². The van der Waals surface area contributed by atoms with Gasteiger partial charge in [-0.1, -0.05) is 38.8 Å². The van der Waals surface area contributed by atoms with E-state index in [1.165, 1.54) is 12.1 Å². The van der Waals surface area contributed by atoms with E-state index in [-0.39, 0.29) is 28.1 Å². The molecule has 0 spiro atoms. The smallest absolute Gasteiger partial charge is 0.361 e. The highest BCUT2D eigenvalue weighted by Crippen LogP contribution is 2.40. The monoisotopic (exact) mass is 509 g/mol. The Morgan fingerprint density at radius 3 is 2.31 bits per heavy atom. The molecule has 2 fully saturated rings. The van der Waals surface area contributed by atoms with Crippen LogP contribution in [0.3, 0.4) is 0 Å². The highest BCUT2D eigenvalue weighted by Gasteiger charge is 2.37. The number of rotatable bonds is 5. The molecule has 1 aliphatic heterocycles. The van der Waals surface area contributed by atoms with Crippen molar-refractivity contribution in [1.29, 1.82) is 0 Å². The lowest BCUT2D eigenvalue weighted by Crippen LogP contribution is -2.41. The molecule has 1 saturated carbocycles. The van der Waals surface area contributed by atoms with E-state index in [0.29, 0.717) is 31.5 Å². The largest absolute Gasteiger partial charge is 0.433 e. The van der Waals surface area contributed by atoms with Crippen molar-refractivity contribution in [3.05, 3.63) is 47.4 Å². The molecule has 0 bridgehead atoms. The van der Waals surface area contributed by atoms with Crippen molar-refractivity contribution in [1.82, 2.24) is 15.3 Å². The average Bonchev–Trinajstić information content (AvgIpc) is 3.27. The zero-order valence-corrected chi connectivity index (χ0v) is 20.8. The third-order valence-electron chi connectivity index (χ3n) is 7.03. The Hall–Kier alpha value is -2.49. The molecule has 1 aromatic heterocycles. The summed E-state index contributed by atoms with van der Waals surface area (Å²) in [6.45, 7) is 5.94. The van der Waals surface area contributed by atoms with Gasteiger partial charge in [-0.25, -0.2) is 9.37 Å². The topological polar surface area (TPSA) is 53.1 Å². The van der Waals surface area contributed by atoms with Gasteiger partial charge >= 0.3 is 6.18 Å². The molecular formula is C25H31F4N5S. The van der Waals surface area contributed by atoms with Crippen LogP contribution in [0.4, 0.5) is 29.3 Å². The van der Waals surface area contributed by atoms with E-state index in [2.05, 4.69) is 34.4 Å². The summed E-state index contributed by atoms with van der Waals surface area (Å²) in [6.07, 6.45) is 0.362. The average molecular weight is 510 g/mol. The van der Waals surface area contributed by atoms with E-state index in [0.717, 1.165) is 43.7 Å². The van der Waals surface area contributed by atoms with Crippen LogP contribution in [0.25, 0.3) is 0 Å². The molecule has 2 heterocycles.